The zero-order chi connectivity index (χ0) is 22.7. The Hall–Kier alpha value is -2.71. The van der Waals surface area contributed by atoms with Gasteiger partial charge in [0.1, 0.15) is 0 Å². The van der Waals surface area contributed by atoms with Crippen LogP contribution in [0.3, 0.4) is 0 Å². The molecule has 7 nitrogen and oxygen atoms in total. The van der Waals surface area contributed by atoms with E-state index in [0.717, 1.165) is 25.7 Å². The fourth-order valence-electron chi connectivity index (χ4n) is 3.98. The monoisotopic (exact) mass is 473 g/mol. The van der Waals surface area contributed by atoms with Gasteiger partial charge in [-0.2, -0.15) is 0 Å². The van der Waals surface area contributed by atoms with Gasteiger partial charge in [0.2, 0.25) is 5.91 Å². The maximum atomic E-state index is 13.3. The number of hydrogen-bond donors (Lipinski definition) is 1. The summed E-state index contributed by atoms with van der Waals surface area (Å²) in [5, 5.41) is 4.46. The van der Waals surface area contributed by atoms with Crippen LogP contribution in [-0.2, 0) is 4.79 Å². The van der Waals surface area contributed by atoms with Crippen LogP contribution < -0.4 is 20.3 Å². The van der Waals surface area contributed by atoms with Crippen LogP contribution in [0.4, 0.5) is 5.69 Å². The lowest BCUT2D eigenvalue weighted by Crippen LogP contribution is -2.27. The molecule has 0 saturated heterocycles. The number of fused-ring (bicyclic) bond motifs is 1. The van der Waals surface area contributed by atoms with Gasteiger partial charge in [0.25, 0.3) is 5.56 Å². The van der Waals surface area contributed by atoms with E-state index in [1.165, 1.54) is 11.8 Å². The topological polar surface area (TPSA) is 82.5 Å². The van der Waals surface area contributed by atoms with Crippen LogP contribution in [0, 0.1) is 0 Å². The predicted octanol–water partition coefficient (Wildman–Crippen LogP) is 4.91. The number of aromatic nitrogens is 2. The van der Waals surface area contributed by atoms with Crippen molar-refractivity contribution in [1.82, 2.24) is 9.55 Å². The number of nitrogens with one attached hydrogen (secondary N) is 1. The van der Waals surface area contributed by atoms with Gasteiger partial charge in [0.15, 0.2) is 16.7 Å². The van der Waals surface area contributed by atoms with Crippen molar-refractivity contribution in [1.29, 1.82) is 0 Å². The number of amides is 1. The lowest BCUT2D eigenvalue weighted by atomic mass is 10.2. The van der Waals surface area contributed by atoms with Crippen molar-refractivity contribution in [3.05, 3.63) is 51.8 Å². The number of halogens is 1. The van der Waals surface area contributed by atoms with Crippen molar-refractivity contribution in [2.45, 2.75) is 36.9 Å². The molecule has 3 aromatic rings. The summed E-state index contributed by atoms with van der Waals surface area (Å²) in [6.45, 7) is 0. The number of anilines is 1. The molecule has 0 bridgehead atoms. The highest BCUT2D eigenvalue weighted by atomic mass is 35.5. The van der Waals surface area contributed by atoms with Crippen molar-refractivity contribution in [2.24, 2.45) is 0 Å². The Bertz CT molecular complexity index is 1210. The molecule has 4 rings (SSSR count). The second kappa shape index (κ2) is 9.83. The molecule has 1 aliphatic rings. The molecule has 1 saturated carbocycles. The summed E-state index contributed by atoms with van der Waals surface area (Å²) in [4.78, 5) is 30.6. The number of thioether (sulfide) groups is 1. The SMILES string of the molecule is COc1ccc(NC(=O)CSc2nc3cc(Cl)ccc3c(=O)n2C2CCCC2)cc1OC. The summed E-state index contributed by atoms with van der Waals surface area (Å²) >= 11 is 7.37. The van der Waals surface area contributed by atoms with Crippen molar-refractivity contribution in [3.63, 3.8) is 0 Å². The molecule has 0 unspecified atom stereocenters. The Balaban J connectivity index is 1.57. The molecule has 168 valence electrons. The molecule has 2 aromatic carbocycles. The second-order valence-corrected chi connectivity index (χ2v) is 8.95. The van der Waals surface area contributed by atoms with Crippen LogP contribution in [0.25, 0.3) is 10.9 Å². The van der Waals surface area contributed by atoms with Crippen molar-refractivity contribution >= 4 is 45.9 Å². The van der Waals surface area contributed by atoms with Crippen molar-refractivity contribution in [3.8, 4) is 11.5 Å². The van der Waals surface area contributed by atoms with Gasteiger partial charge in [-0.15, -0.1) is 0 Å². The number of methoxy groups -OCH3 is 2. The van der Waals surface area contributed by atoms with Gasteiger partial charge in [-0.25, -0.2) is 4.98 Å². The van der Waals surface area contributed by atoms with E-state index < -0.39 is 0 Å². The highest BCUT2D eigenvalue weighted by molar-refractivity contribution is 7.99. The number of benzene rings is 2. The molecule has 0 radical (unpaired) electrons. The van der Waals surface area contributed by atoms with E-state index in [4.69, 9.17) is 26.1 Å². The average molecular weight is 474 g/mol. The third-order valence-corrected chi connectivity index (χ3v) is 6.71. The number of rotatable bonds is 7. The van der Waals surface area contributed by atoms with Gasteiger partial charge in [0.05, 0.1) is 30.9 Å². The summed E-state index contributed by atoms with van der Waals surface area (Å²) < 4.78 is 12.3. The van der Waals surface area contributed by atoms with E-state index in [-0.39, 0.29) is 23.3 Å². The van der Waals surface area contributed by atoms with E-state index in [1.54, 1.807) is 55.2 Å². The maximum absolute atomic E-state index is 13.3. The number of carbonyl (C=O) groups excluding carboxylic acids is 1. The Morgan fingerprint density at radius 3 is 2.62 bits per heavy atom. The smallest absolute Gasteiger partial charge is 0.262 e. The van der Waals surface area contributed by atoms with E-state index in [2.05, 4.69) is 5.32 Å². The second-order valence-electron chi connectivity index (χ2n) is 7.58. The Morgan fingerprint density at radius 2 is 1.91 bits per heavy atom. The van der Waals surface area contributed by atoms with Gasteiger partial charge in [-0.3, -0.25) is 14.2 Å². The Kier molecular flexibility index (Phi) is 6.91. The number of nitrogens with zero attached hydrogens (tertiary/aromatic N) is 2. The highest BCUT2D eigenvalue weighted by Crippen LogP contribution is 2.33. The highest BCUT2D eigenvalue weighted by Gasteiger charge is 2.23. The molecule has 1 aromatic heterocycles. The average Bonchev–Trinajstić information content (AvgIpc) is 3.31. The summed E-state index contributed by atoms with van der Waals surface area (Å²) in [5.41, 5.74) is 1.06. The van der Waals surface area contributed by atoms with Crippen LogP contribution in [0.5, 0.6) is 11.5 Å². The number of carbonyl (C=O) groups is 1. The maximum Gasteiger partial charge on any atom is 0.262 e. The Morgan fingerprint density at radius 1 is 1.16 bits per heavy atom. The quantitative estimate of drug-likeness (QED) is 0.387. The molecule has 9 heteroatoms. The third-order valence-electron chi connectivity index (χ3n) is 5.52. The first-order valence-electron chi connectivity index (χ1n) is 10.4. The molecule has 1 heterocycles. The molecular formula is C23H24ClN3O4S. The molecule has 0 spiro atoms. The van der Waals surface area contributed by atoms with Crippen LogP contribution in [0.1, 0.15) is 31.7 Å². The number of ether oxygens (including phenoxy) is 2. The van der Waals surface area contributed by atoms with Gasteiger partial charge < -0.3 is 14.8 Å². The molecule has 0 aliphatic heterocycles. The molecule has 1 amide bonds. The lowest BCUT2D eigenvalue weighted by molar-refractivity contribution is -0.113. The molecule has 1 aliphatic carbocycles. The molecular weight excluding hydrogens is 450 g/mol. The van der Waals surface area contributed by atoms with E-state index in [1.807, 2.05) is 0 Å². The largest absolute Gasteiger partial charge is 0.493 e. The first-order chi connectivity index (χ1) is 15.5. The zero-order valence-corrected chi connectivity index (χ0v) is 19.5. The van der Waals surface area contributed by atoms with E-state index in [0.29, 0.717) is 38.3 Å². The fourth-order valence-corrected chi connectivity index (χ4v) is 5.01. The standard InChI is InChI=1S/C23H24ClN3O4S/c1-30-19-10-8-15(12-20(19)31-2)25-21(28)13-32-23-26-18-11-14(24)7-9-17(18)22(29)27(23)16-5-3-4-6-16/h7-12,16H,3-6,13H2,1-2H3,(H,25,28). The summed E-state index contributed by atoms with van der Waals surface area (Å²) in [6, 6.07) is 10.4. The first kappa shape index (κ1) is 22.5. The van der Waals surface area contributed by atoms with Crippen LogP contribution in [0.2, 0.25) is 5.02 Å². The zero-order valence-electron chi connectivity index (χ0n) is 17.9. The summed E-state index contributed by atoms with van der Waals surface area (Å²) in [5.74, 6) is 1.01. The van der Waals surface area contributed by atoms with Gasteiger partial charge >= 0.3 is 0 Å². The van der Waals surface area contributed by atoms with E-state index >= 15 is 0 Å². The minimum Gasteiger partial charge on any atom is -0.493 e. The molecule has 1 N–H and O–H groups in total. The first-order valence-corrected chi connectivity index (χ1v) is 11.7. The van der Waals surface area contributed by atoms with Crippen molar-refractivity contribution in [2.75, 3.05) is 25.3 Å². The minimum absolute atomic E-state index is 0.0821. The van der Waals surface area contributed by atoms with Crippen LogP contribution >= 0.6 is 23.4 Å². The summed E-state index contributed by atoms with van der Waals surface area (Å²) in [6.07, 6.45) is 4.04. The normalized spacial score (nSPS) is 14.0. The number of hydrogen-bond acceptors (Lipinski definition) is 6. The van der Waals surface area contributed by atoms with Crippen LogP contribution in [-0.4, -0.2) is 35.4 Å². The van der Waals surface area contributed by atoms with Gasteiger partial charge in [-0.05, 0) is 43.2 Å². The molecule has 1 fully saturated rings. The van der Waals surface area contributed by atoms with Crippen molar-refractivity contribution < 1.29 is 14.3 Å². The minimum atomic E-state index is -0.208. The predicted molar refractivity (Wildman–Crippen MR) is 127 cm³/mol. The Labute approximate surface area is 195 Å². The molecule has 32 heavy (non-hydrogen) atoms. The third kappa shape index (κ3) is 4.71. The van der Waals surface area contributed by atoms with E-state index in [9.17, 15) is 9.59 Å². The van der Waals surface area contributed by atoms with Gasteiger partial charge in [0, 0.05) is 22.8 Å². The lowest BCUT2D eigenvalue weighted by Gasteiger charge is -2.18. The molecule has 0 atom stereocenters. The van der Waals surface area contributed by atoms with Gasteiger partial charge in [-0.1, -0.05) is 36.2 Å². The summed E-state index contributed by atoms with van der Waals surface area (Å²) in [7, 11) is 3.10. The van der Waals surface area contributed by atoms with Crippen LogP contribution in [0.15, 0.2) is 46.3 Å². The fraction of sp³-hybridized carbons (Fsp3) is 0.348.